The Labute approximate surface area is 142 Å². The Hall–Kier alpha value is -2.54. The first-order valence-electron chi connectivity index (χ1n) is 8.07. The number of nitrogens with zero attached hydrogens (tertiary/aromatic N) is 1. The quantitative estimate of drug-likeness (QED) is 0.893. The van der Waals surface area contributed by atoms with Gasteiger partial charge in [-0.25, -0.2) is 8.78 Å². The van der Waals surface area contributed by atoms with Crippen molar-refractivity contribution in [3.8, 4) is 0 Å². The zero-order valence-electron chi connectivity index (χ0n) is 13.4. The lowest BCUT2D eigenvalue weighted by molar-refractivity contribution is 0.0447. The molecule has 1 fully saturated rings. The summed E-state index contributed by atoms with van der Waals surface area (Å²) in [5.41, 5.74) is -0.446. The average Bonchev–Trinajstić information content (AvgIpc) is 2.63. The second kappa shape index (κ2) is 7.14. The minimum Gasteiger partial charge on any atom is -0.388 e. The fraction of sp³-hybridized carbons (Fsp3) is 0.333. The third-order valence-corrected chi connectivity index (χ3v) is 4.60. The molecule has 1 saturated heterocycles. The van der Waals surface area contributed by atoms with Gasteiger partial charge in [0.25, 0.3) is 11.5 Å². The third-order valence-electron chi connectivity index (χ3n) is 4.60. The Bertz CT molecular complexity index is 829. The number of aromatic amines is 1. The molecule has 1 atom stereocenters. The number of piperidine rings is 1. The van der Waals surface area contributed by atoms with Crippen molar-refractivity contribution < 1.29 is 18.7 Å². The van der Waals surface area contributed by atoms with Crippen molar-refractivity contribution in [3.05, 3.63) is 69.6 Å². The smallest absolute Gasteiger partial charge is 0.260 e. The van der Waals surface area contributed by atoms with Gasteiger partial charge in [0.2, 0.25) is 0 Å². The number of halogens is 2. The maximum absolute atomic E-state index is 13.8. The summed E-state index contributed by atoms with van der Waals surface area (Å²) >= 11 is 0. The van der Waals surface area contributed by atoms with E-state index in [2.05, 4.69) is 4.98 Å². The number of rotatable bonds is 3. The maximum Gasteiger partial charge on any atom is 0.260 e. The van der Waals surface area contributed by atoms with Gasteiger partial charge in [-0.3, -0.25) is 9.59 Å². The highest BCUT2D eigenvalue weighted by Crippen LogP contribution is 2.32. The first kappa shape index (κ1) is 17.3. The van der Waals surface area contributed by atoms with Crippen molar-refractivity contribution >= 4 is 5.91 Å². The number of aliphatic hydroxyl groups is 1. The second-order valence-corrected chi connectivity index (χ2v) is 6.15. The molecule has 2 aromatic rings. The molecule has 1 aromatic carbocycles. The van der Waals surface area contributed by atoms with E-state index in [0.717, 1.165) is 18.2 Å². The number of amides is 1. The van der Waals surface area contributed by atoms with Crippen LogP contribution < -0.4 is 5.56 Å². The average molecular weight is 348 g/mol. The molecule has 7 heteroatoms. The fourth-order valence-corrected chi connectivity index (χ4v) is 3.17. The van der Waals surface area contributed by atoms with Crippen molar-refractivity contribution in [2.24, 2.45) is 5.92 Å². The Morgan fingerprint density at radius 1 is 1.24 bits per heavy atom. The summed E-state index contributed by atoms with van der Waals surface area (Å²) < 4.78 is 27.1. The largest absolute Gasteiger partial charge is 0.388 e. The normalized spacial score (nSPS) is 16.7. The topological polar surface area (TPSA) is 73.4 Å². The van der Waals surface area contributed by atoms with E-state index in [4.69, 9.17) is 0 Å². The van der Waals surface area contributed by atoms with Crippen LogP contribution in [-0.4, -0.2) is 34.0 Å². The number of pyridine rings is 1. The molecule has 0 spiro atoms. The van der Waals surface area contributed by atoms with Crippen molar-refractivity contribution in [1.82, 2.24) is 9.88 Å². The highest BCUT2D eigenvalue weighted by atomic mass is 19.1. The van der Waals surface area contributed by atoms with E-state index in [1.807, 2.05) is 0 Å². The number of carbonyl (C=O) groups excluding carboxylic acids is 1. The molecule has 0 unspecified atom stereocenters. The molecule has 2 heterocycles. The molecule has 3 rings (SSSR count). The summed E-state index contributed by atoms with van der Waals surface area (Å²) in [6.45, 7) is 0.678. The second-order valence-electron chi connectivity index (χ2n) is 6.15. The summed E-state index contributed by atoms with van der Waals surface area (Å²) in [4.78, 5) is 28.1. The van der Waals surface area contributed by atoms with Crippen LogP contribution in [0.15, 0.2) is 41.3 Å². The monoisotopic (exact) mass is 348 g/mol. The fourth-order valence-electron chi connectivity index (χ4n) is 3.17. The van der Waals surface area contributed by atoms with Crippen molar-refractivity contribution in [3.63, 3.8) is 0 Å². The zero-order chi connectivity index (χ0) is 18.0. The number of likely N-dealkylation sites (tertiary alicyclic amines) is 1. The molecule has 1 aliphatic rings. The lowest BCUT2D eigenvalue weighted by Gasteiger charge is -2.34. The van der Waals surface area contributed by atoms with Gasteiger partial charge < -0.3 is 15.0 Å². The standard InChI is InChI=1S/C18H18F2N2O3/c19-12-3-4-15(20)14(10-12)16(23)11-5-8-22(9-6-11)18(25)13-2-1-7-21-17(13)24/h1-4,7,10-11,16,23H,5-6,8-9H2,(H,21,24)/t16-/m1/s1. The van der Waals surface area contributed by atoms with Gasteiger partial charge in [0.1, 0.15) is 17.2 Å². The summed E-state index contributed by atoms with van der Waals surface area (Å²) in [5.74, 6) is -1.91. The van der Waals surface area contributed by atoms with Crippen LogP contribution in [-0.2, 0) is 0 Å². The van der Waals surface area contributed by atoms with E-state index >= 15 is 0 Å². The number of aromatic nitrogens is 1. The van der Waals surface area contributed by atoms with Crippen LogP contribution in [0, 0.1) is 17.6 Å². The lowest BCUT2D eigenvalue weighted by Crippen LogP contribution is -2.41. The van der Waals surface area contributed by atoms with Crippen LogP contribution in [0.4, 0.5) is 8.78 Å². The molecule has 1 amide bonds. The third kappa shape index (κ3) is 3.61. The van der Waals surface area contributed by atoms with Crippen molar-refractivity contribution in [2.75, 3.05) is 13.1 Å². The van der Waals surface area contributed by atoms with Crippen molar-refractivity contribution in [1.29, 1.82) is 0 Å². The van der Waals surface area contributed by atoms with Crippen LogP contribution in [0.1, 0.15) is 34.9 Å². The molecule has 25 heavy (non-hydrogen) atoms. The Kier molecular flexibility index (Phi) is 4.94. The highest BCUT2D eigenvalue weighted by Gasteiger charge is 2.30. The van der Waals surface area contributed by atoms with E-state index in [1.165, 1.54) is 17.2 Å². The Morgan fingerprint density at radius 3 is 2.64 bits per heavy atom. The molecule has 132 valence electrons. The molecule has 0 saturated carbocycles. The first-order valence-corrected chi connectivity index (χ1v) is 8.07. The van der Waals surface area contributed by atoms with Crippen LogP contribution in [0.5, 0.6) is 0 Å². The van der Waals surface area contributed by atoms with Gasteiger partial charge in [-0.1, -0.05) is 0 Å². The Balaban J connectivity index is 1.67. The van der Waals surface area contributed by atoms with Crippen LogP contribution in [0.25, 0.3) is 0 Å². The zero-order valence-corrected chi connectivity index (χ0v) is 13.4. The summed E-state index contributed by atoms with van der Waals surface area (Å²) in [7, 11) is 0. The molecule has 1 aromatic heterocycles. The summed E-state index contributed by atoms with van der Waals surface area (Å²) in [5, 5.41) is 10.4. The minimum atomic E-state index is -1.13. The van der Waals surface area contributed by atoms with E-state index in [0.29, 0.717) is 25.9 Å². The number of H-pyrrole nitrogens is 1. The van der Waals surface area contributed by atoms with E-state index in [9.17, 15) is 23.5 Å². The number of aliphatic hydroxyl groups excluding tert-OH is 1. The molecule has 0 radical (unpaired) electrons. The van der Waals surface area contributed by atoms with E-state index in [1.54, 1.807) is 6.07 Å². The molecule has 2 N–H and O–H groups in total. The summed E-state index contributed by atoms with van der Waals surface area (Å²) in [6.07, 6.45) is 1.20. The van der Waals surface area contributed by atoms with Crippen LogP contribution in [0.3, 0.4) is 0 Å². The van der Waals surface area contributed by atoms with Gasteiger partial charge >= 0.3 is 0 Å². The lowest BCUT2D eigenvalue weighted by atomic mass is 9.87. The number of benzene rings is 1. The number of hydrogen-bond acceptors (Lipinski definition) is 3. The van der Waals surface area contributed by atoms with Gasteiger partial charge in [-0.2, -0.15) is 0 Å². The SMILES string of the molecule is O=C(c1ccc[nH]c1=O)N1CCC([C@@H](O)c2cc(F)ccc2F)CC1. The van der Waals surface area contributed by atoms with E-state index < -0.39 is 23.3 Å². The highest BCUT2D eigenvalue weighted by molar-refractivity contribution is 5.93. The number of hydrogen-bond donors (Lipinski definition) is 2. The Morgan fingerprint density at radius 2 is 1.96 bits per heavy atom. The van der Waals surface area contributed by atoms with Gasteiger partial charge in [-0.15, -0.1) is 0 Å². The molecular weight excluding hydrogens is 330 g/mol. The molecule has 5 nitrogen and oxygen atoms in total. The molecule has 0 bridgehead atoms. The first-order chi connectivity index (χ1) is 12.0. The molecular formula is C18H18F2N2O3. The number of nitrogens with one attached hydrogen (secondary N) is 1. The predicted molar refractivity (Wildman–Crippen MR) is 87.0 cm³/mol. The van der Waals surface area contributed by atoms with Crippen molar-refractivity contribution in [2.45, 2.75) is 18.9 Å². The minimum absolute atomic E-state index is 0.0655. The molecule has 0 aliphatic carbocycles. The van der Waals surface area contributed by atoms with Crippen LogP contribution >= 0.6 is 0 Å². The predicted octanol–water partition coefficient (Wildman–Crippen LogP) is 2.24. The van der Waals surface area contributed by atoms with E-state index in [-0.39, 0.29) is 23.0 Å². The van der Waals surface area contributed by atoms with Crippen LogP contribution in [0.2, 0.25) is 0 Å². The molecule has 1 aliphatic heterocycles. The van der Waals surface area contributed by atoms with Gasteiger partial charge in [0, 0.05) is 24.8 Å². The van der Waals surface area contributed by atoms with Gasteiger partial charge in [0.05, 0.1) is 6.10 Å². The maximum atomic E-state index is 13.8. The summed E-state index contributed by atoms with van der Waals surface area (Å²) in [6, 6.07) is 6.04. The van der Waals surface area contributed by atoms with Gasteiger partial charge in [-0.05, 0) is 49.1 Å². The van der Waals surface area contributed by atoms with Gasteiger partial charge in [0.15, 0.2) is 0 Å². The number of carbonyl (C=O) groups is 1.